The van der Waals surface area contributed by atoms with E-state index >= 15 is 0 Å². The van der Waals surface area contributed by atoms with Gasteiger partial charge < -0.3 is 10.2 Å². The maximum absolute atomic E-state index is 12.9. The summed E-state index contributed by atoms with van der Waals surface area (Å²) in [6.45, 7) is 5.85. The zero-order valence-electron chi connectivity index (χ0n) is 17.0. The highest BCUT2D eigenvalue weighted by Crippen LogP contribution is 2.37. The van der Waals surface area contributed by atoms with Gasteiger partial charge in [0.2, 0.25) is 5.91 Å². The number of nitrogens with zero attached hydrogens (tertiary/aromatic N) is 2. The van der Waals surface area contributed by atoms with Crippen LogP contribution < -0.4 is 5.32 Å². The molecular weight excluding hydrogens is 366 g/mol. The third kappa shape index (κ3) is 4.17. The van der Waals surface area contributed by atoms with Crippen molar-refractivity contribution in [3.63, 3.8) is 0 Å². The minimum Gasteiger partial charge on any atom is -0.343 e. The van der Waals surface area contributed by atoms with Crippen molar-refractivity contribution in [2.75, 3.05) is 33.2 Å². The van der Waals surface area contributed by atoms with E-state index in [1.165, 1.54) is 42.7 Å². The van der Waals surface area contributed by atoms with Gasteiger partial charge in [-0.15, -0.1) is 11.3 Å². The molecule has 1 spiro atoms. The topological polar surface area (TPSA) is 35.6 Å². The summed E-state index contributed by atoms with van der Waals surface area (Å²) >= 11 is 1.70. The zero-order valence-corrected chi connectivity index (χ0v) is 17.8. The largest absolute Gasteiger partial charge is 0.343 e. The zero-order chi connectivity index (χ0) is 19.6. The molecule has 0 bridgehead atoms. The highest BCUT2D eigenvalue weighted by Gasteiger charge is 2.41. The summed E-state index contributed by atoms with van der Waals surface area (Å²) in [5.74, 6) is 0.120. The third-order valence-corrected chi connectivity index (χ3v) is 7.58. The minimum atomic E-state index is -0.0646. The predicted molar refractivity (Wildman–Crippen MR) is 116 cm³/mol. The molecule has 4 rings (SSSR count). The number of thiophene rings is 1. The summed E-state index contributed by atoms with van der Waals surface area (Å²) in [5, 5.41) is 5.37. The number of benzene rings is 1. The van der Waals surface area contributed by atoms with Crippen molar-refractivity contribution in [1.82, 2.24) is 15.1 Å². The third-order valence-electron chi connectivity index (χ3n) is 6.64. The van der Waals surface area contributed by atoms with E-state index in [1.54, 1.807) is 11.3 Å². The lowest BCUT2D eigenvalue weighted by Gasteiger charge is -2.43. The first-order valence-electron chi connectivity index (χ1n) is 10.4. The summed E-state index contributed by atoms with van der Waals surface area (Å²) in [4.78, 5) is 18.9. The molecule has 1 aromatic carbocycles. The summed E-state index contributed by atoms with van der Waals surface area (Å²) in [6.07, 6.45) is 5.00. The molecule has 28 heavy (non-hydrogen) atoms. The van der Waals surface area contributed by atoms with E-state index in [9.17, 15) is 4.79 Å². The Morgan fingerprint density at radius 2 is 1.89 bits per heavy atom. The number of amides is 1. The van der Waals surface area contributed by atoms with Crippen LogP contribution in [0.15, 0.2) is 41.8 Å². The molecule has 2 aliphatic rings. The molecule has 2 saturated heterocycles. The first kappa shape index (κ1) is 19.6. The summed E-state index contributed by atoms with van der Waals surface area (Å²) in [5.41, 5.74) is 2.78. The van der Waals surface area contributed by atoms with Gasteiger partial charge in [0.15, 0.2) is 0 Å². The van der Waals surface area contributed by atoms with Crippen molar-refractivity contribution >= 4 is 17.2 Å². The summed E-state index contributed by atoms with van der Waals surface area (Å²) in [7, 11) is 2.27. The Balaban J connectivity index is 1.38. The molecule has 0 aliphatic carbocycles. The molecule has 2 fully saturated rings. The number of piperidine rings is 1. The second-order valence-electron chi connectivity index (χ2n) is 8.45. The van der Waals surface area contributed by atoms with Gasteiger partial charge in [-0.1, -0.05) is 35.9 Å². The normalized spacial score (nSPS) is 21.1. The van der Waals surface area contributed by atoms with Crippen LogP contribution in [0, 0.1) is 6.92 Å². The van der Waals surface area contributed by atoms with Crippen LogP contribution in [0.4, 0.5) is 0 Å². The highest BCUT2D eigenvalue weighted by molar-refractivity contribution is 7.10. The van der Waals surface area contributed by atoms with Gasteiger partial charge >= 0.3 is 0 Å². The van der Waals surface area contributed by atoms with E-state index in [0.717, 1.165) is 18.7 Å². The van der Waals surface area contributed by atoms with Crippen LogP contribution in [0.25, 0.3) is 0 Å². The van der Waals surface area contributed by atoms with Crippen molar-refractivity contribution in [3.05, 3.63) is 57.8 Å². The molecule has 2 aromatic rings. The van der Waals surface area contributed by atoms with Gasteiger partial charge in [0.05, 0.1) is 12.6 Å². The molecule has 5 heteroatoms. The molecule has 1 aromatic heterocycles. The van der Waals surface area contributed by atoms with Crippen LogP contribution in [-0.2, 0) is 4.79 Å². The van der Waals surface area contributed by atoms with E-state index < -0.39 is 0 Å². The maximum Gasteiger partial charge on any atom is 0.234 e. The highest BCUT2D eigenvalue weighted by atomic mass is 32.1. The maximum atomic E-state index is 12.9. The van der Waals surface area contributed by atoms with Crippen LogP contribution in [-0.4, -0.2) is 54.5 Å². The Morgan fingerprint density at radius 1 is 1.14 bits per heavy atom. The Morgan fingerprint density at radius 3 is 2.50 bits per heavy atom. The number of aryl methyl sites for hydroxylation is 1. The first-order valence-corrected chi connectivity index (χ1v) is 11.3. The van der Waals surface area contributed by atoms with Crippen molar-refractivity contribution in [1.29, 1.82) is 0 Å². The van der Waals surface area contributed by atoms with Crippen LogP contribution in [0.1, 0.15) is 47.7 Å². The van der Waals surface area contributed by atoms with Gasteiger partial charge in [-0.2, -0.15) is 0 Å². The molecule has 2 aliphatic heterocycles. The van der Waals surface area contributed by atoms with Crippen molar-refractivity contribution < 1.29 is 4.79 Å². The Hall–Kier alpha value is -1.69. The lowest BCUT2D eigenvalue weighted by atomic mass is 9.85. The Labute approximate surface area is 172 Å². The standard InChI is InChI=1S/C23H31N3OS/c1-18-6-8-19(9-7-18)22(20-5-3-16-28-20)24-21(27)17-26-14-11-23(12-15-26)10-4-13-25(23)2/h3,5-9,16,22H,4,10-15,17H2,1-2H3,(H,24,27)/t22-/m0/s1. The number of hydrogen-bond donors (Lipinski definition) is 1. The van der Waals surface area contributed by atoms with Crippen LogP contribution in [0.2, 0.25) is 0 Å². The fourth-order valence-corrected chi connectivity index (χ4v) is 5.58. The van der Waals surface area contributed by atoms with Crippen molar-refractivity contribution in [2.24, 2.45) is 0 Å². The SMILES string of the molecule is Cc1ccc([C@H](NC(=O)CN2CCC3(CCCN3C)CC2)c2cccs2)cc1. The molecule has 0 radical (unpaired) electrons. The minimum absolute atomic E-state index is 0.0646. The summed E-state index contributed by atoms with van der Waals surface area (Å²) < 4.78 is 0. The van der Waals surface area contributed by atoms with Crippen LogP contribution >= 0.6 is 11.3 Å². The average Bonchev–Trinajstić information content (AvgIpc) is 3.34. The lowest BCUT2D eigenvalue weighted by Crippen LogP contribution is -2.52. The molecule has 3 heterocycles. The number of carbonyl (C=O) groups excluding carboxylic acids is 1. The van der Waals surface area contributed by atoms with Crippen molar-refractivity contribution in [3.8, 4) is 0 Å². The number of rotatable bonds is 5. The van der Waals surface area contributed by atoms with Gasteiger partial charge in [0.1, 0.15) is 0 Å². The van der Waals surface area contributed by atoms with E-state index in [4.69, 9.17) is 0 Å². The predicted octanol–water partition coefficient (Wildman–Crippen LogP) is 3.82. The second-order valence-corrected chi connectivity index (χ2v) is 9.43. The number of carbonyl (C=O) groups is 1. The number of nitrogens with one attached hydrogen (secondary N) is 1. The molecule has 1 N–H and O–H groups in total. The van der Waals surface area contributed by atoms with E-state index in [0.29, 0.717) is 12.1 Å². The fraction of sp³-hybridized carbons (Fsp3) is 0.522. The van der Waals surface area contributed by atoms with E-state index in [1.807, 2.05) is 0 Å². The van der Waals surface area contributed by atoms with Crippen molar-refractivity contribution in [2.45, 2.75) is 44.2 Å². The monoisotopic (exact) mass is 397 g/mol. The molecule has 150 valence electrons. The molecular formula is C23H31N3OS. The molecule has 4 nitrogen and oxygen atoms in total. The average molecular weight is 398 g/mol. The van der Waals surface area contributed by atoms with Gasteiger partial charge in [0.25, 0.3) is 0 Å². The van der Waals surface area contributed by atoms with Gasteiger partial charge in [-0.25, -0.2) is 0 Å². The van der Waals surface area contributed by atoms with Gasteiger partial charge in [-0.3, -0.25) is 9.69 Å². The Bertz CT molecular complexity index is 779. The first-order chi connectivity index (χ1) is 13.6. The van der Waals surface area contributed by atoms with E-state index in [-0.39, 0.29) is 11.9 Å². The molecule has 1 amide bonds. The summed E-state index contributed by atoms with van der Waals surface area (Å²) in [6, 6.07) is 12.6. The van der Waals surface area contributed by atoms with Gasteiger partial charge in [-0.05, 0) is 63.2 Å². The lowest BCUT2D eigenvalue weighted by molar-refractivity contribution is -0.123. The Kier molecular flexibility index (Phi) is 5.85. The quantitative estimate of drug-likeness (QED) is 0.833. The second kappa shape index (κ2) is 8.36. The number of likely N-dealkylation sites (tertiary alicyclic amines) is 2. The van der Waals surface area contributed by atoms with E-state index in [2.05, 4.69) is 70.9 Å². The van der Waals surface area contributed by atoms with Gasteiger partial charge in [0, 0.05) is 23.5 Å². The number of hydrogen-bond acceptors (Lipinski definition) is 4. The van der Waals surface area contributed by atoms with Crippen LogP contribution in [0.5, 0.6) is 0 Å². The smallest absolute Gasteiger partial charge is 0.234 e. The molecule has 0 unspecified atom stereocenters. The fourth-order valence-electron chi connectivity index (χ4n) is 4.78. The molecule has 1 atom stereocenters. The van der Waals surface area contributed by atoms with Crippen LogP contribution in [0.3, 0.4) is 0 Å². The molecule has 0 saturated carbocycles.